The minimum Gasteiger partial charge on any atom is -0.444 e. The first-order valence-corrected chi connectivity index (χ1v) is 10.0. The monoisotopic (exact) mass is 398 g/mol. The summed E-state index contributed by atoms with van der Waals surface area (Å²) in [6.45, 7) is 10.6. The molecule has 0 saturated carbocycles. The Morgan fingerprint density at radius 2 is 1.83 bits per heavy atom. The van der Waals surface area contributed by atoms with Crippen LogP contribution in [0.5, 0.6) is 0 Å². The Morgan fingerprint density at radius 1 is 1.14 bits per heavy atom. The van der Waals surface area contributed by atoms with E-state index in [4.69, 9.17) is 4.74 Å². The lowest BCUT2D eigenvalue weighted by molar-refractivity contribution is -0.121. The maximum atomic E-state index is 12.7. The number of piperidine rings is 1. The Labute approximate surface area is 172 Å². The number of benzene rings is 1. The summed E-state index contributed by atoms with van der Waals surface area (Å²) in [4.78, 5) is 26.6. The van der Waals surface area contributed by atoms with Gasteiger partial charge in [0.15, 0.2) is 0 Å². The third-order valence-corrected chi connectivity index (χ3v) is 4.89. The first kappa shape index (κ1) is 20.9. The average molecular weight is 399 g/mol. The number of ether oxygens (including phenoxy) is 1. The summed E-state index contributed by atoms with van der Waals surface area (Å²) in [6, 6.07) is 9.70. The summed E-state index contributed by atoms with van der Waals surface area (Å²) in [6.07, 6.45) is 0.943. The smallest absolute Gasteiger partial charge is 0.410 e. The minimum atomic E-state index is -0.512. The van der Waals surface area contributed by atoms with E-state index >= 15 is 0 Å². The number of nitrogens with zero attached hydrogens (tertiary/aromatic N) is 3. The molecule has 1 saturated heterocycles. The van der Waals surface area contributed by atoms with Crippen LogP contribution in [0.3, 0.4) is 0 Å². The number of aryl methyl sites for hydroxylation is 2. The lowest BCUT2D eigenvalue weighted by atomic mass is 9.96. The SMILES string of the molecule is Cc1cc(C)n(-c2cccc(NC(=O)C3CCN(C(=O)OC(C)(C)C)CC3)c2)n1. The molecule has 1 aromatic carbocycles. The standard InChI is InChI=1S/C22H30N4O3/c1-15-13-16(2)26(24-15)19-8-6-7-18(14-19)23-20(27)17-9-11-25(12-10-17)21(28)29-22(3,4)5/h6-8,13-14,17H,9-12H2,1-5H3,(H,23,27). The lowest BCUT2D eigenvalue weighted by Gasteiger charge is -2.32. The summed E-state index contributed by atoms with van der Waals surface area (Å²) < 4.78 is 7.28. The Hall–Kier alpha value is -2.83. The fourth-order valence-electron chi connectivity index (χ4n) is 3.50. The molecule has 0 spiro atoms. The molecule has 0 unspecified atom stereocenters. The molecular weight excluding hydrogens is 368 g/mol. The van der Waals surface area contributed by atoms with Crippen molar-refractivity contribution in [3.63, 3.8) is 0 Å². The zero-order valence-electron chi connectivity index (χ0n) is 17.9. The largest absolute Gasteiger partial charge is 0.444 e. The van der Waals surface area contributed by atoms with Crippen molar-refractivity contribution < 1.29 is 14.3 Å². The van der Waals surface area contributed by atoms with E-state index in [9.17, 15) is 9.59 Å². The van der Waals surface area contributed by atoms with Crippen molar-refractivity contribution in [2.75, 3.05) is 18.4 Å². The van der Waals surface area contributed by atoms with Crippen LogP contribution in [0, 0.1) is 19.8 Å². The highest BCUT2D eigenvalue weighted by molar-refractivity contribution is 5.93. The summed E-state index contributed by atoms with van der Waals surface area (Å²) >= 11 is 0. The van der Waals surface area contributed by atoms with Gasteiger partial charge in [-0.3, -0.25) is 4.79 Å². The molecule has 1 N–H and O–H groups in total. The van der Waals surface area contributed by atoms with E-state index in [1.165, 1.54) is 0 Å². The minimum absolute atomic E-state index is 0.0145. The predicted molar refractivity (Wildman–Crippen MR) is 112 cm³/mol. The van der Waals surface area contributed by atoms with E-state index in [1.807, 2.05) is 69.6 Å². The van der Waals surface area contributed by atoms with Gasteiger partial charge in [0.2, 0.25) is 5.91 Å². The lowest BCUT2D eigenvalue weighted by Crippen LogP contribution is -2.43. The van der Waals surface area contributed by atoms with E-state index < -0.39 is 5.60 Å². The molecule has 0 radical (unpaired) electrons. The van der Waals surface area contributed by atoms with Gasteiger partial charge in [0, 0.05) is 30.4 Å². The predicted octanol–water partition coefficient (Wildman–Crippen LogP) is 4.07. The summed E-state index contributed by atoms with van der Waals surface area (Å²) in [7, 11) is 0. The number of amides is 2. The molecule has 0 bridgehead atoms. The van der Waals surface area contributed by atoms with Crippen LogP contribution in [0.1, 0.15) is 45.0 Å². The molecule has 29 heavy (non-hydrogen) atoms. The van der Waals surface area contributed by atoms with Crippen molar-refractivity contribution in [2.24, 2.45) is 5.92 Å². The molecule has 1 aliphatic heterocycles. The third kappa shape index (κ3) is 5.37. The first-order valence-electron chi connectivity index (χ1n) is 10.0. The Balaban J connectivity index is 1.58. The van der Waals surface area contributed by atoms with Gasteiger partial charge in [-0.05, 0) is 71.7 Å². The number of hydrogen-bond donors (Lipinski definition) is 1. The number of nitrogens with one attached hydrogen (secondary N) is 1. The summed E-state index contributed by atoms with van der Waals surface area (Å²) in [5.41, 5.74) is 3.14. The van der Waals surface area contributed by atoms with Crippen LogP contribution in [0.4, 0.5) is 10.5 Å². The van der Waals surface area contributed by atoms with E-state index in [1.54, 1.807) is 4.90 Å². The fourth-order valence-corrected chi connectivity index (χ4v) is 3.50. The number of carbonyl (C=O) groups excluding carboxylic acids is 2. The quantitative estimate of drug-likeness (QED) is 0.845. The van der Waals surface area contributed by atoms with Gasteiger partial charge >= 0.3 is 6.09 Å². The van der Waals surface area contributed by atoms with Crippen LogP contribution >= 0.6 is 0 Å². The van der Waals surface area contributed by atoms with Crippen LogP contribution in [0.2, 0.25) is 0 Å². The molecule has 0 atom stereocenters. The van der Waals surface area contributed by atoms with Gasteiger partial charge in [0.05, 0.1) is 11.4 Å². The van der Waals surface area contributed by atoms with Gasteiger partial charge in [-0.15, -0.1) is 0 Å². The molecular formula is C22H30N4O3. The highest BCUT2D eigenvalue weighted by Gasteiger charge is 2.30. The van der Waals surface area contributed by atoms with Crippen LogP contribution in [-0.2, 0) is 9.53 Å². The Bertz CT molecular complexity index is 890. The van der Waals surface area contributed by atoms with Crippen molar-refractivity contribution >= 4 is 17.7 Å². The molecule has 1 fully saturated rings. The highest BCUT2D eigenvalue weighted by atomic mass is 16.6. The number of likely N-dealkylation sites (tertiary alicyclic amines) is 1. The molecule has 1 aromatic heterocycles. The third-order valence-electron chi connectivity index (χ3n) is 4.89. The Morgan fingerprint density at radius 3 is 2.41 bits per heavy atom. The second kappa shape index (κ2) is 8.27. The van der Waals surface area contributed by atoms with Crippen molar-refractivity contribution in [3.8, 4) is 5.69 Å². The van der Waals surface area contributed by atoms with E-state index in [2.05, 4.69) is 10.4 Å². The summed E-state index contributed by atoms with van der Waals surface area (Å²) in [5, 5.41) is 7.51. The van der Waals surface area contributed by atoms with Crippen LogP contribution in [0.15, 0.2) is 30.3 Å². The van der Waals surface area contributed by atoms with Crippen LogP contribution < -0.4 is 5.32 Å². The second-order valence-corrected chi connectivity index (χ2v) is 8.62. The molecule has 2 aromatic rings. The first-order chi connectivity index (χ1) is 13.6. The van der Waals surface area contributed by atoms with E-state index in [0.717, 1.165) is 22.8 Å². The van der Waals surface area contributed by atoms with Crippen molar-refractivity contribution in [1.29, 1.82) is 0 Å². The number of anilines is 1. The fraction of sp³-hybridized carbons (Fsp3) is 0.500. The molecule has 2 amide bonds. The van der Waals surface area contributed by atoms with Gasteiger partial charge in [-0.2, -0.15) is 5.10 Å². The topological polar surface area (TPSA) is 76.5 Å². The van der Waals surface area contributed by atoms with Crippen LogP contribution in [0.25, 0.3) is 5.69 Å². The average Bonchev–Trinajstić information content (AvgIpc) is 2.99. The molecule has 3 rings (SSSR count). The maximum Gasteiger partial charge on any atom is 0.410 e. The normalized spacial score (nSPS) is 15.3. The van der Waals surface area contributed by atoms with E-state index in [-0.39, 0.29) is 17.9 Å². The zero-order chi connectivity index (χ0) is 21.2. The van der Waals surface area contributed by atoms with Gasteiger partial charge in [-0.25, -0.2) is 9.48 Å². The molecule has 156 valence electrons. The number of carbonyl (C=O) groups is 2. The summed E-state index contributed by atoms with van der Waals surface area (Å²) in [5.74, 6) is -0.134. The van der Waals surface area contributed by atoms with E-state index in [0.29, 0.717) is 25.9 Å². The van der Waals surface area contributed by atoms with Crippen LogP contribution in [-0.4, -0.2) is 45.4 Å². The highest BCUT2D eigenvalue weighted by Crippen LogP contribution is 2.22. The number of hydrogen-bond acceptors (Lipinski definition) is 4. The van der Waals surface area contributed by atoms with Crippen molar-refractivity contribution in [2.45, 2.75) is 53.1 Å². The van der Waals surface area contributed by atoms with Gasteiger partial charge in [0.1, 0.15) is 5.60 Å². The van der Waals surface area contributed by atoms with Gasteiger partial charge in [-0.1, -0.05) is 6.07 Å². The molecule has 1 aliphatic rings. The molecule has 0 aliphatic carbocycles. The van der Waals surface area contributed by atoms with Crippen molar-refractivity contribution in [1.82, 2.24) is 14.7 Å². The second-order valence-electron chi connectivity index (χ2n) is 8.62. The Kier molecular flexibility index (Phi) is 5.96. The molecule has 7 heteroatoms. The van der Waals surface area contributed by atoms with Gasteiger partial charge < -0.3 is 15.0 Å². The van der Waals surface area contributed by atoms with Crippen molar-refractivity contribution in [3.05, 3.63) is 41.7 Å². The van der Waals surface area contributed by atoms with Gasteiger partial charge in [0.25, 0.3) is 0 Å². The molecule has 2 heterocycles. The maximum absolute atomic E-state index is 12.7. The number of aromatic nitrogens is 2. The number of rotatable bonds is 3. The zero-order valence-corrected chi connectivity index (χ0v) is 17.9. The molecule has 7 nitrogen and oxygen atoms in total.